The van der Waals surface area contributed by atoms with Crippen molar-refractivity contribution in [2.45, 2.75) is 146 Å². The summed E-state index contributed by atoms with van der Waals surface area (Å²) in [6, 6.07) is 0.404. The van der Waals surface area contributed by atoms with Crippen LogP contribution in [0.5, 0.6) is 0 Å². The largest absolute Gasteiger partial charge is 0.434 e. The van der Waals surface area contributed by atoms with Crippen molar-refractivity contribution in [3.05, 3.63) is 29.4 Å². The number of likely N-dealkylation sites (tertiary alicyclic amines) is 2. The Morgan fingerprint density at radius 3 is 1.68 bits per heavy atom. The van der Waals surface area contributed by atoms with Crippen molar-refractivity contribution in [3.8, 4) is 0 Å². The summed E-state index contributed by atoms with van der Waals surface area (Å²) in [6.07, 6.45) is -31.9. The molecule has 0 radical (unpaired) electrons. The Morgan fingerprint density at radius 2 is 1.18 bits per heavy atom. The third-order valence-corrected chi connectivity index (χ3v) is 13.4. The van der Waals surface area contributed by atoms with Crippen molar-refractivity contribution < 1.29 is 81.3 Å². The van der Waals surface area contributed by atoms with E-state index in [2.05, 4.69) is 52.0 Å². The molecule has 3 unspecified atom stereocenters. The van der Waals surface area contributed by atoms with E-state index < -0.39 is 72.0 Å². The van der Waals surface area contributed by atoms with E-state index in [4.69, 9.17) is 0 Å². The topological polar surface area (TPSA) is 172 Å². The minimum atomic E-state index is -5.85. The molecule has 2 saturated heterocycles. The van der Waals surface area contributed by atoms with Crippen LogP contribution in [-0.2, 0) is 35.7 Å². The van der Waals surface area contributed by atoms with Crippen LogP contribution >= 0.6 is 0 Å². The fraction of sp³-hybridized carbons (Fsp3) is 0.769. The summed E-state index contributed by atoms with van der Waals surface area (Å²) in [7, 11) is 0. The maximum Gasteiger partial charge on any atom is 0.434 e. The third-order valence-electron chi connectivity index (χ3n) is 13.4. The lowest BCUT2D eigenvalue weighted by molar-refractivity contribution is -0.309. The molecule has 3 atom stereocenters. The summed E-state index contributed by atoms with van der Waals surface area (Å²) < 4.78 is 166. The van der Waals surface area contributed by atoms with Gasteiger partial charge in [-0.15, -0.1) is 10.2 Å². The van der Waals surface area contributed by atoms with Gasteiger partial charge in [0.05, 0.1) is 13.1 Å². The van der Waals surface area contributed by atoms with Crippen molar-refractivity contribution in [3.63, 3.8) is 0 Å². The first-order valence-electron chi connectivity index (χ1n) is 21.7. The average molecular weight is 996 g/mol. The van der Waals surface area contributed by atoms with Gasteiger partial charge in [-0.25, -0.2) is 14.6 Å². The molecule has 5 aliphatic rings. The molecule has 1 saturated carbocycles. The summed E-state index contributed by atoms with van der Waals surface area (Å²) in [5.74, 6) is 0.547. The normalized spacial score (nSPS) is 22.9. The molecule has 2 N–H and O–H groups in total. The van der Waals surface area contributed by atoms with E-state index in [9.17, 15) is 71.9 Å². The van der Waals surface area contributed by atoms with Gasteiger partial charge < -0.3 is 39.0 Å². The quantitative estimate of drug-likeness (QED) is 0.292. The van der Waals surface area contributed by atoms with Gasteiger partial charge in [0.15, 0.2) is 0 Å². The lowest BCUT2D eigenvalue weighted by atomic mass is 9.89. The van der Waals surface area contributed by atoms with Crippen LogP contribution in [0.15, 0.2) is 6.20 Å². The van der Waals surface area contributed by atoms with Gasteiger partial charge in [0.2, 0.25) is 5.82 Å². The zero-order valence-electron chi connectivity index (χ0n) is 36.8. The van der Waals surface area contributed by atoms with Crippen LogP contribution in [0.3, 0.4) is 0 Å². The van der Waals surface area contributed by atoms with Crippen LogP contribution in [0, 0.1) is 5.92 Å². The first-order valence-corrected chi connectivity index (χ1v) is 21.7. The number of hydrogen-bond acceptors (Lipinski definition) is 11. The summed E-state index contributed by atoms with van der Waals surface area (Å²) in [6.45, 7) is 7.50. The van der Waals surface area contributed by atoms with Crippen molar-refractivity contribution >= 4 is 24.0 Å². The number of nitrogens with one attached hydrogen (secondary N) is 2. The van der Waals surface area contributed by atoms with Gasteiger partial charge in [0.25, 0.3) is 24.0 Å². The van der Waals surface area contributed by atoms with Gasteiger partial charge in [-0.05, 0) is 65.2 Å². The molecule has 1 aliphatic carbocycles. The number of carbonyl (C=O) groups excluding carboxylic acids is 4. The number of rotatable bonds is 10. The highest BCUT2D eigenvalue weighted by atomic mass is 19.4. The van der Waals surface area contributed by atoms with Crippen molar-refractivity contribution in [1.82, 2.24) is 54.5 Å². The zero-order valence-corrected chi connectivity index (χ0v) is 36.8. The van der Waals surface area contributed by atoms with E-state index in [1.807, 2.05) is 4.57 Å². The van der Waals surface area contributed by atoms with Crippen molar-refractivity contribution in [2.75, 3.05) is 39.3 Å². The van der Waals surface area contributed by atoms with Crippen LogP contribution < -0.4 is 10.6 Å². The molecule has 4 aliphatic heterocycles. The summed E-state index contributed by atoms with van der Waals surface area (Å²) >= 11 is 0. The molecule has 0 spiro atoms. The predicted molar refractivity (Wildman–Crippen MR) is 207 cm³/mol. The fourth-order valence-corrected chi connectivity index (χ4v) is 9.18. The molecule has 0 bridgehead atoms. The highest BCUT2D eigenvalue weighted by Gasteiger charge is 2.61. The first kappa shape index (κ1) is 50.8. The van der Waals surface area contributed by atoms with Crippen LogP contribution in [-0.4, -0.2) is 167 Å². The average Bonchev–Trinajstić information content (AvgIpc) is 3.63. The summed E-state index contributed by atoms with van der Waals surface area (Å²) in [5.41, 5.74) is -1.77. The van der Waals surface area contributed by atoms with E-state index in [-0.39, 0.29) is 75.5 Å². The minimum Gasteiger partial charge on any atom is -0.426 e. The van der Waals surface area contributed by atoms with E-state index in [0.29, 0.717) is 56.8 Å². The lowest BCUT2D eigenvalue weighted by Gasteiger charge is -2.39. The Morgan fingerprint density at radius 1 is 0.676 bits per heavy atom. The molecule has 17 nitrogen and oxygen atoms in total. The number of fused-ring (bicyclic) bond motifs is 2. The predicted octanol–water partition coefficient (Wildman–Crippen LogP) is 5.40. The number of piperidine rings is 2. The second-order valence-electron chi connectivity index (χ2n) is 18.6. The van der Waals surface area contributed by atoms with Gasteiger partial charge in [-0.3, -0.25) is 19.4 Å². The molecule has 3 fully saturated rings. The molecule has 7 rings (SSSR count). The van der Waals surface area contributed by atoms with Gasteiger partial charge in [-0.2, -0.15) is 52.7 Å². The maximum absolute atomic E-state index is 13.4. The minimum absolute atomic E-state index is 0.0169. The number of hydrogen-bond donors (Lipinski definition) is 2. The van der Waals surface area contributed by atoms with Gasteiger partial charge >= 0.3 is 36.9 Å². The number of nitrogens with zero attached hydrogens (tertiary/aromatic N) is 9. The maximum atomic E-state index is 13.4. The Kier molecular flexibility index (Phi) is 13.7. The lowest BCUT2D eigenvalue weighted by Crippen LogP contribution is -2.56. The molecular weight excluding hydrogens is 946 g/mol. The summed E-state index contributed by atoms with van der Waals surface area (Å²) in [4.78, 5) is 61.7. The van der Waals surface area contributed by atoms with Gasteiger partial charge in [0.1, 0.15) is 17.3 Å². The molecule has 2 aromatic rings. The molecule has 68 heavy (non-hydrogen) atoms. The zero-order chi connectivity index (χ0) is 49.9. The Hall–Kier alpha value is -5.09. The van der Waals surface area contributed by atoms with Crippen molar-refractivity contribution in [1.29, 1.82) is 0 Å². The van der Waals surface area contributed by atoms with E-state index in [1.165, 1.54) is 0 Å². The molecule has 0 aromatic carbocycles. The number of halogens is 12. The molecule has 2 aromatic heterocycles. The molecule has 380 valence electrons. The molecule has 4 amide bonds. The van der Waals surface area contributed by atoms with Crippen molar-refractivity contribution in [2.24, 2.45) is 5.92 Å². The number of carbonyl (C=O) groups is 4. The molecular formula is C39H49F12N11O6. The van der Waals surface area contributed by atoms with E-state index in [0.717, 1.165) is 22.6 Å². The van der Waals surface area contributed by atoms with Gasteiger partial charge in [-0.1, -0.05) is 0 Å². The molecule has 29 heteroatoms. The van der Waals surface area contributed by atoms with Crippen LogP contribution in [0.4, 0.5) is 62.3 Å². The summed E-state index contributed by atoms with van der Waals surface area (Å²) in [5, 5.41) is 14.1. The van der Waals surface area contributed by atoms with Crippen LogP contribution in [0.1, 0.15) is 92.1 Å². The van der Waals surface area contributed by atoms with E-state index in [1.54, 1.807) is 24.6 Å². The monoisotopic (exact) mass is 995 g/mol. The Bertz CT molecular complexity index is 2170. The second-order valence-corrected chi connectivity index (χ2v) is 18.6. The SMILES string of the molecule is CC(CC1CC1N1CCn2c(nnc2C(=O)NC2(C)CCN(C(=O)OC(C(F)(F)F)C(F)(F)F)CC2)C1)N1CCn2cc(C(=O)NC3(C)CCN(C(=O)OC(C(F)(F)F)C(F)(F)F)CC3)nc2C1. The smallest absolute Gasteiger partial charge is 0.426 e. The van der Waals surface area contributed by atoms with Crippen LogP contribution in [0.2, 0.25) is 0 Å². The highest BCUT2D eigenvalue weighted by molar-refractivity contribution is 5.93. The number of aromatic nitrogens is 5. The Labute approximate surface area is 379 Å². The number of ether oxygens (including phenoxy) is 2. The molecule has 6 heterocycles. The number of alkyl halides is 12. The van der Waals surface area contributed by atoms with Crippen LogP contribution in [0.25, 0.3) is 0 Å². The Balaban J connectivity index is 0.841. The first-order chi connectivity index (χ1) is 31.4. The fourth-order valence-electron chi connectivity index (χ4n) is 9.18. The highest BCUT2D eigenvalue weighted by Crippen LogP contribution is 2.42. The number of amides is 4. The van der Waals surface area contributed by atoms with Gasteiger partial charge in [0, 0.05) is 81.7 Å². The second kappa shape index (κ2) is 18.3. The van der Waals surface area contributed by atoms with E-state index >= 15 is 0 Å². The third kappa shape index (κ3) is 11.5. The number of imidazole rings is 1. The standard InChI is InChI=1S/C39H49F12N11O6/c1-21(59-12-13-61-18-23(52-25(61)19-59)28(63)53-34(2)4-8-57(9-5-34)32(65)67-30(36(40,41)42)37(43,44)45)16-22-17-24(22)60-14-15-62-26(20-60)55-56-27(62)29(64)54-35(3)6-10-58(11-7-35)33(66)68-31(38(46,47)48)39(49,50)51/h18,21-22,24,30-31H,4-17,19-20H2,1-3H3,(H,53,63)(H,54,64).